The Morgan fingerprint density at radius 2 is 0.725 bits per heavy atom. The van der Waals surface area contributed by atoms with E-state index in [4.69, 9.17) is 26.1 Å². The minimum atomic E-state index is -1.42. The van der Waals surface area contributed by atoms with Gasteiger partial charge in [0.25, 0.3) is 0 Å². The summed E-state index contributed by atoms with van der Waals surface area (Å²) in [4.78, 5) is 0. The van der Waals surface area contributed by atoms with E-state index >= 15 is 0 Å². The monoisotopic (exact) mass is 622 g/mol. The highest BCUT2D eigenvalue weighted by Gasteiger charge is 2.13. The van der Waals surface area contributed by atoms with Crippen LogP contribution in [0.25, 0.3) is 0 Å². The van der Waals surface area contributed by atoms with Gasteiger partial charge in [0.1, 0.15) is 17.2 Å². The van der Waals surface area contributed by atoms with Gasteiger partial charge < -0.3 is 26.1 Å². The minimum absolute atomic E-state index is 0.548. The Morgan fingerprint density at radius 3 is 1.00 bits per heavy atom. The van der Waals surface area contributed by atoms with E-state index in [-0.39, 0.29) is 0 Å². The molecule has 0 bridgehead atoms. The van der Waals surface area contributed by atoms with Gasteiger partial charge >= 0.3 is 8.60 Å². The average molecular weight is 623 g/mol. The first kappa shape index (κ1) is 32.9. The molecule has 0 spiro atoms. The lowest BCUT2D eigenvalue weighted by molar-refractivity contribution is 0.161. The lowest BCUT2D eigenvalue weighted by Gasteiger charge is -2.16. The molecule has 0 aliphatic rings. The zero-order chi connectivity index (χ0) is 28.3. The first-order valence-electron chi connectivity index (χ1n) is 13.4. The molecule has 0 aliphatic carbocycles. The largest absolute Gasteiger partial charge is 0.426 e. The number of hydrogen-bond donors (Lipinski definition) is 0. The molecule has 3 aromatic carbocycles. The Hall–Kier alpha value is -1.58. The summed E-state index contributed by atoms with van der Waals surface area (Å²) in [6.07, 6.45) is 2.51. The van der Waals surface area contributed by atoms with Crippen LogP contribution in [0.4, 0.5) is 0 Å². The van der Waals surface area contributed by atoms with Gasteiger partial charge in [-0.05, 0) is 76.4 Å². The van der Waals surface area contributed by atoms with Crippen LogP contribution in [0.3, 0.4) is 0 Å². The highest BCUT2D eigenvalue weighted by Crippen LogP contribution is 2.40. The van der Waals surface area contributed by atoms with Crippen LogP contribution in [-0.4, -0.2) is 37.1 Å². The van der Waals surface area contributed by atoms with Gasteiger partial charge in [0.05, 0.1) is 55.9 Å². The van der Waals surface area contributed by atoms with Gasteiger partial charge in [0.15, 0.2) is 0 Å². The van der Waals surface area contributed by atoms with Crippen LogP contribution in [-0.2, 0) is 13.6 Å². The van der Waals surface area contributed by atoms with Crippen LogP contribution in [0, 0.1) is 20.8 Å². The Balaban J connectivity index is 1.28. The quantitative estimate of drug-likeness (QED) is 0.0657. The van der Waals surface area contributed by atoms with Crippen molar-refractivity contribution in [2.24, 2.45) is 0 Å². The summed E-state index contributed by atoms with van der Waals surface area (Å²) >= 11 is 4.28. The second kappa shape index (κ2) is 20.3. The Bertz CT molecular complexity index is 918. The van der Waals surface area contributed by atoms with Gasteiger partial charge in [-0.1, -0.05) is 53.1 Å². The highest BCUT2D eigenvalue weighted by atomic mass is 32.2. The molecule has 0 saturated carbocycles. The van der Waals surface area contributed by atoms with Gasteiger partial charge in [-0.15, -0.1) is 0 Å². The fourth-order valence-corrected chi connectivity index (χ4v) is 5.75. The van der Waals surface area contributed by atoms with Crippen LogP contribution in [0.15, 0.2) is 72.8 Å². The average Bonchev–Trinajstić information content (AvgIpc) is 2.96. The van der Waals surface area contributed by atoms with Crippen LogP contribution in [0.1, 0.15) is 36.0 Å². The molecule has 0 aromatic heterocycles. The molecule has 0 radical (unpaired) electrons. The Morgan fingerprint density at radius 1 is 0.450 bits per heavy atom. The van der Waals surface area contributed by atoms with E-state index in [1.807, 2.05) is 72.8 Å². The van der Waals surface area contributed by atoms with Gasteiger partial charge in [0, 0.05) is 17.3 Å². The third kappa shape index (κ3) is 14.9. The smallest absolute Gasteiger partial charge is 0.332 e. The van der Waals surface area contributed by atoms with Crippen molar-refractivity contribution < 1.29 is 26.1 Å². The van der Waals surface area contributed by atoms with Crippen molar-refractivity contribution in [3.8, 4) is 17.2 Å². The third-order valence-corrected chi connectivity index (χ3v) is 8.71. The summed E-state index contributed by atoms with van der Waals surface area (Å²) in [5.41, 5.74) is 3.65. The fourth-order valence-electron chi connectivity index (χ4n) is 2.99. The Kier molecular flexibility index (Phi) is 16.7. The number of aryl methyl sites for hydroxylation is 3. The molecule has 0 atom stereocenters. The zero-order valence-corrected chi connectivity index (χ0v) is 26.8. The third-order valence-electron chi connectivity index (χ3n) is 5.23. The predicted molar refractivity (Wildman–Crippen MR) is 171 cm³/mol. The van der Waals surface area contributed by atoms with Gasteiger partial charge in [-0.3, -0.25) is 0 Å². The van der Waals surface area contributed by atoms with Gasteiger partial charge in [-0.2, -0.15) is 0 Å². The number of benzene rings is 3. The molecule has 0 N–H and O–H groups in total. The van der Waals surface area contributed by atoms with E-state index in [1.165, 1.54) is 52.8 Å². The molecular formula is C30H39O6PS3. The van der Waals surface area contributed by atoms with E-state index in [9.17, 15) is 0 Å². The van der Waals surface area contributed by atoms with Crippen molar-refractivity contribution >= 4 is 44.7 Å². The number of hydrogen-bond acceptors (Lipinski definition) is 9. The van der Waals surface area contributed by atoms with Crippen molar-refractivity contribution in [3.63, 3.8) is 0 Å². The predicted octanol–water partition coefficient (Wildman–Crippen LogP) is 9.54. The minimum Gasteiger partial charge on any atom is -0.426 e. The van der Waals surface area contributed by atoms with Gasteiger partial charge in [0.2, 0.25) is 0 Å². The lowest BCUT2D eigenvalue weighted by atomic mass is 10.2. The lowest BCUT2D eigenvalue weighted by Crippen LogP contribution is -2.02. The summed E-state index contributed by atoms with van der Waals surface area (Å²) in [5.74, 6) is 5.03. The second-order valence-corrected chi connectivity index (χ2v) is 12.6. The second-order valence-electron chi connectivity index (χ2n) is 8.94. The molecule has 3 rings (SSSR count). The van der Waals surface area contributed by atoms with E-state index in [2.05, 4.69) is 20.8 Å². The van der Waals surface area contributed by atoms with Crippen molar-refractivity contribution in [3.05, 3.63) is 89.5 Å². The van der Waals surface area contributed by atoms with E-state index < -0.39 is 8.60 Å². The molecule has 10 heteroatoms. The normalized spacial score (nSPS) is 11.1. The van der Waals surface area contributed by atoms with Gasteiger partial charge in [-0.25, -0.2) is 0 Å². The number of rotatable bonds is 21. The van der Waals surface area contributed by atoms with E-state index in [1.54, 1.807) is 0 Å². The molecule has 6 nitrogen and oxygen atoms in total. The molecule has 0 unspecified atom stereocenters. The molecule has 0 heterocycles. The van der Waals surface area contributed by atoms with E-state index in [0.717, 1.165) is 53.8 Å². The van der Waals surface area contributed by atoms with Crippen molar-refractivity contribution in [1.29, 1.82) is 0 Å². The first-order valence-corrected chi connectivity index (χ1v) is 17.2. The molecule has 0 saturated heterocycles. The summed E-state index contributed by atoms with van der Waals surface area (Å²) in [6.45, 7) is 7.83. The van der Waals surface area contributed by atoms with Crippen molar-refractivity contribution in [1.82, 2.24) is 0 Å². The SMILES string of the molecule is Cc1ccc(OSCCCOP(OCCCSOc2ccc(C)cc2)OCCCSOc2ccc(C)cc2)cc1. The maximum Gasteiger partial charge on any atom is 0.332 e. The van der Waals surface area contributed by atoms with E-state index in [0.29, 0.717) is 19.8 Å². The topological polar surface area (TPSA) is 55.4 Å². The summed E-state index contributed by atoms with van der Waals surface area (Å²) in [6, 6.07) is 24.1. The molecule has 0 aliphatic heterocycles. The molecule has 0 amide bonds. The maximum atomic E-state index is 5.96. The summed E-state index contributed by atoms with van der Waals surface area (Å²) < 4.78 is 35.1. The fraction of sp³-hybridized carbons (Fsp3) is 0.400. The van der Waals surface area contributed by atoms with Crippen molar-refractivity contribution in [2.75, 3.05) is 37.1 Å². The first-order chi connectivity index (χ1) is 19.6. The molecule has 0 fully saturated rings. The van der Waals surface area contributed by atoms with Crippen LogP contribution >= 0.6 is 44.7 Å². The standard InChI is InChI=1S/C30H39O6PS3/c1-25-7-13-28(14-8-25)34-38-22-4-19-31-37(32-20-5-23-39-35-29-15-9-26(2)10-16-29)33-21-6-24-40-36-30-17-11-27(3)12-18-30/h7-18H,4-6,19-24H2,1-3H3. The maximum absolute atomic E-state index is 5.96. The van der Waals surface area contributed by atoms with Crippen LogP contribution < -0.4 is 12.5 Å². The molecule has 218 valence electrons. The highest BCUT2D eigenvalue weighted by molar-refractivity contribution is 7.95. The molecule has 3 aromatic rings. The molecular weight excluding hydrogens is 583 g/mol. The van der Waals surface area contributed by atoms with Crippen LogP contribution in [0.5, 0.6) is 17.2 Å². The van der Waals surface area contributed by atoms with Crippen LogP contribution in [0.2, 0.25) is 0 Å². The summed E-state index contributed by atoms with van der Waals surface area (Å²) in [5, 5.41) is 0. The Labute approximate surface area is 253 Å². The van der Waals surface area contributed by atoms with Crippen molar-refractivity contribution in [2.45, 2.75) is 40.0 Å². The molecule has 40 heavy (non-hydrogen) atoms. The zero-order valence-electron chi connectivity index (χ0n) is 23.4. The summed E-state index contributed by atoms with van der Waals surface area (Å²) in [7, 11) is -1.42.